The molecule has 8 nitrogen and oxygen atoms in total. The third-order valence-electron chi connectivity index (χ3n) is 10.3. The zero-order valence-electron chi connectivity index (χ0n) is 24.5. The van der Waals surface area contributed by atoms with Gasteiger partial charge in [0.1, 0.15) is 35.9 Å². The van der Waals surface area contributed by atoms with Crippen molar-refractivity contribution in [1.82, 2.24) is 0 Å². The van der Waals surface area contributed by atoms with Crippen molar-refractivity contribution in [1.29, 1.82) is 0 Å². The number of carbonyl (C=O) groups excluding carboxylic acids is 1. The smallest absolute Gasteiger partial charge is 0.316 e. The summed E-state index contributed by atoms with van der Waals surface area (Å²) < 4.78 is 31.7. The van der Waals surface area contributed by atoms with E-state index >= 15 is 0 Å². The molecule has 0 aromatic rings. The number of rotatable bonds is 1. The first-order chi connectivity index (χ1) is 19.0. The van der Waals surface area contributed by atoms with Crippen LogP contribution in [0.3, 0.4) is 0 Å². The van der Waals surface area contributed by atoms with Gasteiger partial charge in [-0.25, -0.2) is 0 Å². The van der Waals surface area contributed by atoms with Gasteiger partial charge >= 0.3 is 5.97 Å². The molecular weight excluding hydrogens is 512 g/mol. The van der Waals surface area contributed by atoms with Crippen molar-refractivity contribution in [2.24, 2.45) is 17.8 Å². The first kappa shape index (κ1) is 28.6. The van der Waals surface area contributed by atoms with Crippen LogP contribution in [0.25, 0.3) is 0 Å². The number of hydrogen-bond acceptors (Lipinski definition) is 8. The van der Waals surface area contributed by atoms with Gasteiger partial charge in [-0.2, -0.15) is 0 Å². The Morgan fingerprint density at radius 1 is 1.10 bits per heavy atom. The molecule has 2 bridgehead atoms. The van der Waals surface area contributed by atoms with Crippen molar-refractivity contribution in [3.05, 3.63) is 35.5 Å². The van der Waals surface area contributed by atoms with E-state index in [4.69, 9.17) is 23.7 Å². The van der Waals surface area contributed by atoms with E-state index in [1.807, 2.05) is 6.08 Å². The molecule has 4 fully saturated rings. The predicted molar refractivity (Wildman–Crippen MR) is 147 cm³/mol. The Hall–Kier alpha value is -1.55. The molecule has 2 spiro atoms. The van der Waals surface area contributed by atoms with Crippen LogP contribution in [0.2, 0.25) is 0 Å². The van der Waals surface area contributed by atoms with Gasteiger partial charge in [-0.1, -0.05) is 50.6 Å². The lowest BCUT2D eigenvalue weighted by atomic mass is 9.67. The molecule has 0 unspecified atom stereocenters. The number of allylic oxidation sites excluding steroid dienone is 2. The zero-order valence-corrected chi connectivity index (χ0v) is 24.5. The van der Waals surface area contributed by atoms with Gasteiger partial charge < -0.3 is 33.9 Å². The van der Waals surface area contributed by atoms with E-state index in [9.17, 15) is 15.0 Å². The Labute approximate surface area is 237 Å². The van der Waals surface area contributed by atoms with Crippen LogP contribution in [0, 0.1) is 17.8 Å². The van der Waals surface area contributed by atoms with Gasteiger partial charge in [0.15, 0.2) is 11.4 Å². The number of aliphatic hydroxyl groups is 2. The lowest BCUT2D eigenvalue weighted by molar-refractivity contribution is -0.335. The maximum Gasteiger partial charge on any atom is 0.316 e. The number of fused-ring (bicyclic) bond motifs is 2. The number of carbonyl (C=O) groups is 1. The summed E-state index contributed by atoms with van der Waals surface area (Å²) in [7, 11) is 0. The van der Waals surface area contributed by atoms with Gasteiger partial charge in [0, 0.05) is 19.3 Å². The zero-order chi connectivity index (χ0) is 28.4. The molecule has 0 aromatic heterocycles. The summed E-state index contributed by atoms with van der Waals surface area (Å²) in [5.74, 6) is -1.63. The summed E-state index contributed by atoms with van der Waals surface area (Å²) in [6.07, 6.45) is 10.4. The molecule has 0 aromatic carbocycles. The van der Waals surface area contributed by atoms with Gasteiger partial charge in [-0.05, 0) is 56.9 Å². The molecule has 0 radical (unpaired) electrons. The second-order valence-electron chi connectivity index (χ2n) is 13.4. The number of esters is 1. The van der Waals surface area contributed by atoms with Gasteiger partial charge in [0.05, 0.1) is 18.8 Å². The van der Waals surface area contributed by atoms with Gasteiger partial charge in [0.2, 0.25) is 0 Å². The number of hydrogen-bond donors (Lipinski definition) is 2. The Kier molecular flexibility index (Phi) is 7.37. The van der Waals surface area contributed by atoms with Crippen LogP contribution in [0.1, 0.15) is 79.6 Å². The van der Waals surface area contributed by atoms with Crippen molar-refractivity contribution < 1.29 is 38.7 Å². The first-order valence-corrected chi connectivity index (χ1v) is 15.3. The molecule has 6 aliphatic rings. The summed E-state index contributed by atoms with van der Waals surface area (Å²) in [5, 5.41) is 23.2. The van der Waals surface area contributed by atoms with Crippen LogP contribution in [0.5, 0.6) is 0 Å². The topological polar surface area (TPSA) is 107 Å². The molecule has 40 heavy (non-hydrogen) atoms. The minimum Gasteiger partial charge on any atom is -0.462 e. The van der Waals surface area contributed by atoms with Crippen LogP contribution in [-0.2, 0) is 28.5 Å². The Balaban J connectivity index is 1.36. The fraction of sp³-hybridized carbons (Fsp3) is 0.781. The van der Waals surface area contributed by atoms with Gasteiger partial charge in [0.25, 0.3) is 0 Å². The van der Waals surface area contributed by atoms with Crippen LogP contribution >= 0.6 is 0 Å². The van der Waals surface area contributed by atoms with Gasteiger partial charge in [-0.3, -0.25) is 4.79 Å². The maximum atomic E-state index is 14.0. The van der Waals surface area contributed by atoms with E-state index in [0.717, 1.165) is 32.1 Å². The average Bonchev–Trinajstić information content (AvgIpc) is 3.55. The number of aliphatic hydroxyl groups excluding tert-OH is 1. The predicted octanol–water partition coefficient (Wildman–Crippen LogP) is 4.14. The summed E-state index contributed by atoms with van der Waals surface area (Å²) in [4.78, 5) is 14.0. The summed E-state index contributed by atoms with van der Waals surface area (Å²) >= 11 is 0. The Morgan fingerprint density at radius 3 is 2.67 bits per heavy atom. The summed E-state index contributed by atoms with van der Waals surface area (Å²) in [5.41, 5.74) is -0.994. The fourth-order valence-corrected chi connectivity index (χ4v) is 7.95. The third-order valence-corrected chi connectivity index (χ3v) is 10.3. The molecule has 0 saturated carbocycles. The molecular formula is C32H46O8. The Morgan fingerprint density at radius 2 is 1.90 bits per heavy atom. The van der Waals surface area contributed by atoms with Crippen molar-refractivity contribution >= 4 is 5.97 Å². The second-order valence-corrected chi connectivity index (χ2v) is 13.4. The van der Waals surface area contributed by atoms with E-state index in [1.54, 1.807) is 13.0 Å². The SMILES string of the molecule is CC[C@H]1O[C@]2(CC[C@@H]1C)C[C@@H]1C[C@@H](C/C=C(\C)C[C@@H](C)/C=C/[C@@H]3O[C@]34CO[C@@H]3[C@H](O)C(C)=C[C@@H](C(=O)O1)[C@@]34O)O2. The fourth-order valence-electron chi connectivity index (χ4n) is 7.95. The Bertz CT molecular complexity index is 1100. The quantitative estimate of drug-likeness (QED) is 0.281. The molecule has 8 heteroatoms. The number of ether oxygens (including phenoxy) is 5. The maximum absolute atomic E-state index is 14.0. The van der Waals surface area contributed by atoms with Crippen molar-refractivity contribution in [3.63, 3.8) is 0 Å². The standard InChI is InChI=1S/C32H46O8/c1-6-25-20(4)11-12-30(39-25)16-23-15-22(38-30)9-7-18(2)13-19(3)8-10-26-31(40-26)17-36-28-27(33)21(5)14-24(29(34)37-23)32(28,31)35/h7-8,10,14,19-20,22-28,33,35H,6,9,11-13,15-17H2,1-5H3/b10-8+,18-7+/t19-,20-,22+,23-,24-,25+,26-,27+,28+,30+,31+,32+/m0/s1. The lowest BCUT2D eigenvalue weighted by Crippen LogP contribution is -2.63. The van der Waals surface area contributed by atoms with E-state index < -0.39 is 53.3 Å². The minimum atomic E-state index is -1.75. The molecule has 5 aliphatic heterocycles. The first-order valence-electron chi connectivity index (χ1n) is 15.3. The van der Waals surface area contributed by atoms with E-state index in [-0.39, 0.29) is 24.7 Å². The molecule has 222 valence electrons. The molecule has 2 N–H and O–H groups in total. The molecule has 12 atom stereocenters. The summed E-state index contributed by atoms with van der Waals surface area (Å²) in [6.45, 7) is 10.5. The second kappa shape index (κ2) is 10.3. The highest BCUT2D eigenvalue weighted by Gasteiger charge is 2.79. The van der Waals surface area contributed by atoms with Crippen LogP contribution in [-0.4, -0.2) is 76.4 Å². The van der Waals surface area contributed by atoms with Crippen molar-refractivity contribution in [2.75, 3.05) is 6.61 Å². The number of epoxide rings is 1. The molecule has 5 heterocycles. The van der Waals surface area contributed by atoms with E-state index in [0.29, 0.717) is 24.3 Å². The van der Waals surface area contributed by atoms with Crippen LogP contribution in [0.4, 0.5) is 0 Å². The normalized spacial score (nSPS) is 53.0. The van der Waals surface area contributed by atoms with Crippen LogP contribution in [0.15, 0.2) is 35.5 Å². The van der Waals surface area contributed by atoms with Gasteiger partial charge in [-0.15, -0.1) is 0 Å². The van der Waals surface area contributed by atoms with Crippen molar-refractivity contribution in [3.8, 4) is 0 Å². The highest BCUT2D eigenvalue weighted by Crippen LogP contribution is 2.59. The third kappa shape index (κ3) is 4.63. The monoisotopic (exact) mass is 558 g/mol. The lowest BCUT2D eigenvalue weighted by Gasteiger charge is -2.50. The highest BCUT2D eigenvalue weighted by molar-refractivity contribution is 5.78. The average molecular weight is 559 g/mol. The van der Waals surface area contributed by atoms with Crippen LogP contribution < -0.4 is 0 Å². The largest absolute Gasteiger partial charge is 0.462 e. The highest BCUT2D eigenvalue weighted by atomic mass is 16.7. The molecule has 6 rings (SSSR count). The molecule has 4 saturated heterocycles. The van der Waals surface area contributed by atoms with E-state index in [2.05, 4.69) is 39.8 Å². The van der Waals surface area contributed by atoms with E-state index in [1.165, 1.54) is 5.57 Å². The van der Waals surface area contributed by atoms with Crippen molar-refractivity contribution in [2.45, 2.75) is 133 Å². The molecule has 0 amide bonds. The summed E-state index contributed by atoms with van der Waals surface area (Å²) in [6, 6.07) is 0. The minimum absolute atomic E-state index is 0.0953. The molecule has 1 aliphatic carbocycles.